The zero-order valence-corrected chi connectivity index (χ0v) is 18.2. The second-order valence-corrected chi connectivity index (χ2v) is 8.53. The average Bonchev–Trinajstić information content (AvgIpc) is 3.45. The zero-order chi connectivity index (χ0) is 22.8. The quantitative estimate of drug-likeness (QED) is 0.373. The molecule has 0 saturated carbocycles. The van der Waals surface area contributed by atoms with Crippen molar-refractivity contribution in [2.45, 2.75) is 33.4 Å². The number of alkyl halides is 2. The van der Waals surface area contributed by atoms with Crippen LogP contribution >= 0.6 is 0 Å². The summed E-state index contributed by atoms with van der Waals surface area (Å²) in [6.07, 6.45) is -1.19. The Morgan fingerprint density at radius 3 is 2.66 bits per heavy atom. The molecule has 0 bridgehead atoms. The minimum Gasteiger partial charge on any atom is -0.415 e. The van der Waals surface area contributed by atoms with Gasteiger partial charge < -0.3 is 4.42 Å². The van der Waals surface area contributed by atoms with Crippen LogP contribution in [-0.4, -0.2) is 29.9 Å². The molecule has 0 fully saturated rings. The van der Waals surface area contributed by atoms with Crippen LogP contribution in [0.15, 0.2) is 47.0 Å². The SMILES string of the molecule is CCn1ncc2c(N(Cc3ccc(-c4nnc(C(F)F)o4)cc3F)S(=O)CC)cccc21. The zero-order valence-electron chi connectivity index (χ0n) is 17.3. The second kappa shape index (κ2) is 9.11. The van der Waals surface area contributed by atoms with Crippen LogP contribution in [0.3, 0.4) is 0 Å². The Balaban J connectivity index is 1.68. The van der Waals surface area contributed by atoms with Gasteiger partial charge >= 0.3 is 6.43 Å². The summed E-state index contributed by atoms with van der Waals surface area (Å²) < 4.78 is 61.5. The molecule has 1 unspecified atom stereocenters. The molecule has 2 aromatic carbocycles. The van der Waals surface area contributed by atoms with Crippen molar-refractivity contribution in [3.8, 4) is 11.5 Å². The van der Waals surface area contributed by atoms with Gasteiger partial charge in [0, 0.05) is 28.8 Å². The van der Waals surface area contributed by atoms with Crippen molar-refractivity contribution in [2.75, 3.05) is 10.1 Å². The van der Waals surface area contributed by atoms with Crippen LogP contribution in [0.5, 0.6) is 0 Å². The molecule has 0 N–H and O–H groups in total. The van der Waals surface area contributed by atoms with Crippen LogP contribution in [0.1, 0.15) is 31.7 Å². The topological polar surface area (TPSA) is 77.1 Å². The summed E-state index contributed by atoms with van der Waals surface area (Å²) in [6.45, 7) is 4.48. The molecule has 0 saturated heterocycles. The van der Waals surface area contributed by atoms with E-state index in [0.29, 0.717) is 18.0 Å². The smallest absolute Gasteiger partial charge is 0.314 e. The van der Waals surface area contributed by atoms with E-state index in [1.165, 1.54) is 12.1 Å². The minimum atomic E-state index is -2.90. The highest BCUT2D eigenvalue weighted by Crippen LogP contribution is 2.31. The first-order valence-electron chi connectivity index (χ1n) is 9.93. The van der Waals surface area contributed by atoms with Gasteiger partial charge in [0.2, 0.25) is 5.89 Å². The Hall–Kier alpha value is -3.21. The van der Waals surface area contributed by atoms with Gasteiger partial charge in [0.15, 0.2) is 0 Å². The predicted octanol–water partition coefficient (Wildman–Crippen LogP) is 4.87. The van der Waals surface area contributed by atoms with Gasteiger partial charge in [-0.2, -0.15) is 13.9 Å². The number of fused-ring (bicyclic) bond motifs is 1. The normalized spacial score (nSPS) is 12.6. The molecule has 168 valence electrons. The lowest BCUT2D eigenvalue weighted by Crippen LogP contribution is -2.27. The molecule has 0 aliphatic heterocycles. The van der Waals surface area contributed by atoms with Gasteiger partial charge in [-0.3, -0.25) is 8.99 Å². The molecule has 1 atom stereocenters. The molecule has 4 rings (SSSR count). The molecule has 2 aromatic heterocycles. The molecule has 0 radical (unpaired) electrons. The number of benzene rings is 2. The van der Waals surface area contributed by atoms with Crippen molar-refractivity contribution in [1.82, 2.24) is 20.0 Å². The first-order valence-corrected chi connectivity index (χ1v) is 11.2. The van der Waals surface area contributed by atoms with E-state index in [0.717, 1.165) is 17.0 Å². The predicted molar refractivity (Wildman–Crippen MR) is 115 cm³/mol. The fraction of sp³-hybridized carbons (Fsp3) is 0.286. The molecular weight excluding hydrogens is 443 g/mol. The van der Waals surface area contributed by atoms with E-state index in [1.54, 1.807) is 17.4 Å². The number of hydrogen-bond acceptors (Lipinski definition) is 5. The van der Waals surface area contributed by atoms with Crippen molar-refractivity contribution in [3.05, 3.63) is 59.9 Å². The lowest BCUT2D eigenvalue weighted by Gasteiger charge is -2.24. The van der Waals surface area contributed by atoms with Crippen LogP contribution in [0.4, 0.5) is 18.9 Å². The van der Waals surface area contributed by atoms with Crippen LogP contribution < -0.4 is 4.31 Å². The lowest BCUT2D eigenvalue weighted by molar-refractivity contribution is 0.116. The van der Waals surface area contributed by atoms with E-state index in [1.807, 2.05) is 29.8 Å². The van der Waals surface area contributed by atoms with E-state index in [2.05, 4.69) is 15.3 Å². The van der Waals surface area contributed by atoms with Crippen LogP contribution in [0.25, 0.3) is 22.4 Å². The number of nitrogens with zero attached hydrogens (tertiary/aromatic N) is 5. The first-order chi connectivity index (χ1) is 15.4. The van der Waals surface area contributed by atoms with Crippen molar-refractivity contribution in [2.24, 2.45) is 0 Å². The Labute approximate surface area is 184 Å². The van der Waals surface area contributed by atoms with E-state index >= 15 is 0 Å². The van der Waals surface area contributed by atoms with Crippen molar-refractivity contribution in [1.29, 1.82) is 0 Å². The van der Waals surface area contributed by atoms with Gasteiger partial charge in [-0.25, -0.2) is 8.60 Å². The number of hydrogen-bond donors (Lipinski definition) is 0. The monoisotopic (exact) mass is 463 g/mol. The third kappa shape index (κ3) is 4.12. The fourth-order valence-corrected chi connectivity index (χ4v) is 4.36. The Bertz CT molecular complexity index is 1270. The maximum Gasteiger partial charge on any atom is 0.314 e. The van der Waals surface area contributed by atoms with Gasteiger partial charge in [0.25, 0.3) is 5.89 Å². The maximum absolute atomic E-state index is 14.9. The van der Waals surface area contributed by atoms with Crippen LogP contribution in [0, 0.1) is 5.82 Å². The Morgan fingerprint density at radius 2 is 2.00 bits per heavy atom. The molecule has 7 nitrogen and oxygen atoms in total. The molecule has 11 heteroatoms. The minimum absolute atomic E-state index is 0.0368. The van der Waals surface area contributed by atoms with Gasteiger partial charge in [-0.1, -0.05) is 19.1 Å². The van der Waals surface area contributed by atoms with E-state index in [4.69, 9.17) is 4.42 Å². The average molecular weight is 463 g/mol. The highest BCUT2D eigenvalue weighted by molar-refractivity contribution is 7.86. The van der Waals surface area contributed by atoms with Crippen molar-refractivity contribution < 1.29 is 21.8 Å². The van der Waals surface area contributed by atoms with Gasteiger partial charge in [-0.15, -0.1) is 10.2 Å². The molecule has 0 aliphatic rings. The highest BCUT2D eigenvalue weighted by atomic mass is 32.2. The number of aromatic nitrogens is 4. The van der Waals surface area contributed by atoms with Crippen LogP contribution in [-0.2, 0) is 24.1 Å². The Morgan fingerprint density at radius 1 is 1.19 bits per heavy atom. The number of rotatable bonds is 8. The molecule has 0 aliphatic carbocycles. The molecule has 2 heterocycles. The standard InChI is InChI=1S/C21H20F3N5O2S/c1-3-28-17-6-5-7-18(15(17)11-25-28)29(32(30)4-2)12-14-9-8-13(10-16(14)22)20-26-27-21(31-20)19(23)24/h5-11,19H,3-4,12H2,1-2H3. The molecule has 4 aromatic rings. The summed E-state index contributed by atoms with van der Waals surface area (Å²) in [5.74, 6) is -1.28. The third-order valence-electron chi connectivity index (χ3n) is 4.97. The van der Waals surface area contributed by atoms with E-state index < -0.39 is 29.1 Å². The van der Waals surface area contributed by atoms with E-state index in [-0.39, 0.29) is 23.6 Å². The highest BCUT2D eigenvalue weighted by Gasteiger charge is 2.21. The molecule has 0 amide bonds. The Kier molecular flexibility index (Phi) is 6.26. The molecule has 0 spiro atoms. The second-order valence-electron chi connectivity index (χ2n) is 6.87. The van der Waals surface area contributed by atoms with Gasteiger partial charge in [0.05, 0.1) is 23.9 Å². The number of halogens is 3. The van der Waals surface area contributed by atoms with Gasteiger partial charge in [0.1, 0.15) is 16.8 Å². The number of anilines is 1. The summed E-state index contributed by atoms with van der Waals surface area (Å²) in [7, 11) is -1.41. The molecular formula is C21H20F3N5O2S. The summed E-state index contributed by atoms with van der Waals surface area (Å²) in [6, 6.07) is 9.74. The third-order valence-corrected chi connectivity index (χ3v) is 6.28. The first kappa shape index (κ1) is 22.0. The maximum atomic E-state index is 14.9. The lowest BCUT2D eigenvalue weighted by atomic mass is 10.1. The fourth-order valence-electron chi connectivity index (χ4n) is 3.38. The molecule has 32 heavy (non-hydrogen) atoms. The van der Waals surface area contributed by atoms with E-state index in [9.17, 15) is 17.4 Å². The summed E-state index contributed by atoms with van der Waals surface area (Å²) in [4.78, 5) is 0. The summed E-state index contributed by atoms with van der Waals surface area (Å²) in [5, 5.41) is 12.0. The summed E-state index contributed by atoms with van der Waals surface area (Å²) in [5.41, 5.74) is 2.04. The largest absolute Gasteiger partial charge is 0.415 e. The number of aryl methyl sites for hydroxylation is 1. The summed E-state index contributed by atoms with van der Waals surface area (Å²) >= 11 is 0. The van der Waals surface area contributed by atoms with Crippen LogP contribution in [0.2, 0.25) is 0 Å². The van der Waals surface area contributed by atoms with Gasteiger partial charge in [-0.05, 0) is 31.2 Å². The van der Waals surface area contributed by atoms with Crippen molar-refractivity contribution in [3.63, 3.8) is 0 Å². The van der Waals surface area contributed by atoms with Crippen molar-refractivity contribution >= 4 is 27.6 Å².